The number of benzene rings is 1. The van der Waals surface area contributed by atoms with Crippen LogP contribution in [-0.2, 0) is 30.3 Å². The Morgan fingerprint density at radius 1 is 1.05 bits per heavy atom. The number of nitrogens with zero attached hydrogens (tertiary/aromatic N) is 1. The lowest BCUT2D eigenvalue weighted by atomic mass is 9.90. The van der Waals surface area contributed by atoms with Gasteiger partial charge in [0.05, 0.1) is 31.3 Å². The molecule has 2 aliphatic heterocycles. The van der Waals surface area contributed by atoms with Gasteiger partial charge in [-0.15, -0.1) is 0 Å². The second-order valence-electron chi connectivity index (χ2n) is 9.83. The van der Waals surface area contributed by atoms with Gasteiger partial charge in [0, 0.05) is 12.1 Å². The van der Waals surface area contributed by atoms with Crippen molar-refractivity contribution < 1.29 is 38.9 Å². The molecule has 0 saturated carbocycles. The number of aliphatic hydroxyl groups excluding tert-OH is 1. The number of ether oxygens (including phenoxy) is 2. The van der Waals surface area contributed by atoms with Crippen LogP contribution in [0.2, 0.25) is 0 Å². The zero-order chi connectivity index (χ0) is 28.1. The SMILES string of the molecule is CC1OC(=O)C(C2COC2)NC(=O)C(C)C(O)C(Cc2ccccc2)NC(=O)C1NC(=O)c1ncccc1O. The highest BCUT2D eigenvalue weighted by molar-refractivity contribution is 5.98. The predicted octanol–water partition coefficient (Wildman–Crippen LogP) is -0.313. The monoisotopic (exact) mass is 540 g/mol. The van der Waals surface area contributed by atoms with E-state index in [1.165, 1.54) is 32.2 Å². The number of rotatable bonds is 5. The fourth-order valence-electron chi connectivity index (χ4n) is 4.50. The molecular formula is C27H32N4O8. The number of hydrogen-bond donors (Lipinski definition) is 5. The fraction of sp³-hybridized carbons (Fsp3) is 0.444. The number of carbonyl (C=O) groups excluding carboxylic acids is 4. The van der Waals surface area contributed by atoms with Crippen LogP contribution in [0.5, 0.6) is 5.75 Å². The number of pyridine rings is 1. The first-order chi connectivity index (χ1) is 18.7. The van der Waals surface area contributed by atoms with Gasteiger partial charge >= 0.3 is 5.97 Å². The van der Waals surface area contributed by atoms with Crippen molar-refractivity contribution in [3.8, 4) is 5.75 Å². The van der Waals surface area contributed by atoms with Crippen molar-refractivity contribution in [1.29, 1.82) is 0 Å². The maximum absolute atomic E-state index is 13.6. The van der Waals surface area contributed by atoms with Crippen molar-refractivity contribution in [2.75, 3.05) is 13.2 Å². The number of esters is 1. The quantitative estimate of drug-likeness (QED) is 0.318. The topological polar surface area (TPSA) is 176 Å². The number of nitrogens with one attached hydrogen (secondary N) is 3. The lowest BCUT2D eigenvalue weighted by Crippen LogP contribution is -2.62. The summed E-state index contributed by atoms with van der Waals surface area (Å²) in [5.41, 5.74) is 0.478. The first-order valence-electron chi connectivity index (χ1n) is 12.7. The number of aromatic nitrogens is 1. The van der Waals surface area contributed by atoms with E-state index in [9.17, 15) is 29.4 Å². The van der Waals surface area contributed by atoms with E-state index in [0.29, 0.717) is 0 Å². The van der Waals surface area contributed by atoms with Crippen molar-refractivity contribution in [3.63, 3.8) is 0 Å². The second-order valence-corrected chi connectivity index (χ2v) is 9.83. The molecule has 6 unspecified atom stereocenters. The highest BCUT2D eigenvalue weighted by Crippen LogP contribution is 2.21. The zero-order valence-electron chi connectivity index (χ0n) is 21.6. The Balaban J connectivity index is 1.67. The molecule has 6 atom stereocenters. The summed E-state index contributed by atoms with van der Waals surface area (Å²) >= 11 is 0. The van der Waals surface area contributed by atoms with Gasteiger partial charge in [-0.3, -0.25) is 14.4 Å². The summed E-state index contributed by atoms with van der Waals surface area (Å²) in [6, 6.07) is 8.37. The Labute approximate surface area is 225 Å². The molecule has 12 nitrogen and oxygen atoms in total. The van der Waals surface area contributed by atoms with E-state index < -0.39 is 65.7 Å². The molecule has 1 aromatic carbocycles. The summed E-state index contributed by atoms with van der Waals surface area (Å²) in [7, 11) is 0. The third-order valence-corrected chi connectivity index (χ3v) is 6.99. The molecule has 3 amide bonds. The summed E-state index contributed by atoms with van der Waals surface area (Å²) in [4.78, 5) is 56.6. The Morgan fingerprint density at radius 3 is 2.41 bits per heavy atom. The normalized spacial score (nSPS) is 28.5. The number of hydrogen-bond acceptors (Lipinski definition) is 9. The predicted molar refractivity (Wildman–Crippen MR) is 136 cm³/mol. The summed E-state index contributed by atoms with van der Waals surface area (Å²) in [6.07, 6.45) is -1.05. The van der Waals surface area contributed by atoms with Crippen LogP contribution in [0, 0.1) is 11.8 Å². The largest absolute Gasteiger partial charge is 0.505 e. The first-order valence-corrected chi connectivity index (χ1v) is 12.7. The third kappa shape index (κ3) is 6.52. The van der Waals surface area contributed by atoms with E-state index in [4.69, 9.17) is 9.47 Å². The van der Waals surface area contributed by atoms with Crippen LogP contribution in [-0.4, -0.2) is 82.4 Å². The standard InChI is InChI=1S/C27H32N4O8/c1-14-23(33)18(11-16-7-4-3-5-8-16)29-25(35)20(30-26(36)22-19(32)9-6-10-28-22)15(2)39-27(37)21(31-24(14)34)17-12-38-13-17/h3-10,14-15,17-18,20-21,23,32-33H,11-13H2,1-2H3,(H,29,35)(H,30,36)(H,31,34). The van der Waals surface area contributed by atoms with Crippen LogP contribution in [0.3, 0.4) is 0 Å². The van der Waals surface area contributed by atoms with E-state index in [1.54, 1.807) is 0 Å². The van der Waals surface area contributed by atoms with E-state index in [-0.39, 0.29) is 31.2 Å². The van der Waals surface area contributed by atoms with Crippen molar-refractivity contribution in [2.45, 2.75) is 50.6 Å². The summed E-state index contributed by atoms with van der Waals surface area (Å²) in [6.45, 7) is 3.37. The molecular weight excluding hydrogens is 508 g/mol. The lowest BCUT2D eigenvalue weighted by Gasteiger charge is -2.37. The van der Waals surface area contributed by atoms with Gasteiger partial charge in [0.15, 0.2) is 5.69 Å². The summed E-state index contributed by atoms with van der Waals surface area (Å²) in [5.74, 6) is -4.76. The maximum Gasteiger partial charge on any atom is 0.329 e. The maximum atomic E-state index is 13.6. The van der Waals surface area contributed by atoms with Crippen LogP contribution in [0.25, 0.3) is 0 Å². The summed E-state index contributed by atoms with van der Waals surface area (Å²) < 4.78 is 10.8. The number of carbonyl (C=O) groups is 4. The minimum atomic E-state index is -1.42. The van der Waals surface area contributed by atoms with Crippen molar-refractivity contribution in [1.82, 2.24) is 20.9 Å². The molecule has 2 saturated heterocycles. The minimum Gasteiger partial charge on any atom is -0.505 e. The number of cyclic esters (lactones) is 1. The highest BCUT2D eigenvalue weighted by atomic mass is 16.5. The van der Waals surface area contributed by atoms with E-state index >= 15 is 0 Å². The van der Waals surface area contributed by atoms with Gasteiger partial charge in [0.1, 0.15) is 23.9 Å². The van der Waals surface area contributed by atoms with Gasteiger partial charge in [-0.25, -0.2) is 9.78 Å². The molecule has 0 aliphatic carbocycles. The molecule has 208 valence electrons. The molecule has 39 heavy (non-hydrogen) atoms. The van der Waals surface area contributed by atoms with E-state index in [2.05, 4.69) is 20.9 Å². The van der Waals surface area contributed by atoms with Crippen molar-refractivity contribution in [3.05, 3.63) is 59.9 Å². The second kappa shape index (κ2) is 12.2. The molecule has 1 aromatic heterocycles. The molecule has 3 heterocycles. The molecule has 12 heteroatoms. The molecule has 4 rings (SSSR count). The molecule has 2 fully saturated rings. The molecule has 5 N–H and O–H groups in total. The fourth-order valence-corrected chi connectivity index (χ4v) is 4.50. The Hall–Kier alpha value is -4.03. The molecule has 0 radical (unpaired) electrons. The van der Waals surface area contributed by atoms with E-state index in [0.717, 1.165) is 5.56 Å². The van der Waals surface area contributed by atoms with Gasteiger partial charge < -0.3 is 35.6 Å². The van der Waals surface area contributed by atoms with Crippen LogP contribution in [0.1, 0.15) is 29.9 Å². The van der Waals surface area contributed by atoms with Gasteiger partial charge in [-0.05, 0) is 31.0 Å². The van der Waals surface area contributed by atoms with Crippen molar-refractivity contribution in [2.24, 2.45) is 11.8 Å². The number of aliphatic hydroxyl groups is 1. The minimum absolute atomic E-state index is 0.182. The molecule has 2 aromatic rings. The average Bonchev–Trinajstić information content (AvgIpc) is 2.89. The van der Waals surface area contributed by atoms with E-state index in [1.807, 2.05) is 30.3 Å². The zero-order valence-corrected chi connectivity index (χ0v) is 21.6. The Bertz CT molecular complexity index is 1210. The molecule has 2 aliphatic rings. The molecule has 0 spiro atoms. The Kier molecular flexibility index (Phi) is 8.77. The third-order valence-electron chi connectivity index (χ3n) is 6.99. The van der Waals surface area contributed by atoms with Crippen LogP contribution in [0.4, 0.5) is 0 Å². The van der Waals surface area contributed by atoms with Gasteiger partial charge in [-0.2, -0.15) is 0 Å². The average molecular weight is 541 g/mol. The number of aromatic hydroxyl groups is 1. The molecule has 0 bridgehead atoms. The van der Waals surface area contributed by atoms with Gasteiger partial charge in [-0.1, -0.05) is 37.3 Å². The van der Waals surface area contributed by atoms with Crippen molar-refractivity contribution >= 4 is 23.7 Å². The Morgan fingerprint density at radius 2 is 1.77 bits per heavy atom. The lowest BCUT2D eigenvalue weighted by molar-refractivity contribution is -0.163. The smallest absolute Gasteiger partial charge is 0.329 e. The number of amides is 3. The highest BCUT2D eigenvalue weighted by Gasteiger charge is 2.42. The van der Waals surface area contributed by atoms with Gasteiger partial charge in [0.2, 0.25) is 11.8 Å². The summed E-state index contributed by atoms with van der Waals surface area (Å²) in [5, 5.41) is 29.2. The van der Waals surface area contributed by atoms with Crippen LogP contribution in [0.15, 0.2) is 48.7 Å². The van der Waals surface area contributed by atoms with Crippen LogP contribution >= 0.6 is 0 Å². The van der Waals surface area contributed by atoms with Gasteiger partial charge in [0.25, 0.3) is 5.91 Å². The van der Waals surface area contributed by atoms with Crippen LogP contribution < -0.4 is 16.0 Å². The first kappa shape index (κ1) is 28.0.